The van der Waals surface area contributed by atoms with Gasteiger partial charge in [-0.1, -0.05) is 24.9 Å². The maximum absolute atomic E-state index is 8.80. The van der Waals surface area contributed by atoms with E-state index in [4.69, 9.17) is 16.9 Å². The van der Waals surface area contributed by atoms with Crippen LogP contribution in [0.3, 0.4) is 0 Å². The van der Waals surface area contributed by atoms with Crippen molar-refractivity contribution in [3.8, 4) is 6.07 Å². The van der Waals surface area contributed by atoms with Crippen molar-refractivity contribution >= 4 is 17.3 Å². The predicted octanol–water partition coefficient (Wildman–Crippen LogP) is 4.20. The summed E-state index contributed by atoms with van der Waals surface area (Å²) in [5.74, 6) is 0. The van der Waals surface area contributed by atoms with E-state index >= 15 is 0 Å². The Kier molecular flexibility index (Phi) is 3.59. The first-order valence-electron chi connectivity index (χ1n) is 6.13. The molecule has 1 aromatic rings. The number of anilines is 1. The molecule has 1 aliphatic carbocycles. The molecule has 90 valence electrons. The molecule has 0 atom stereocenters. The van der Waals surface area contributed by atoms with Crippen molar-refractivity contribution in [1.82, 2.24) is 0 Å². The van der Waals surface area contributed by atoms with Gasteiger partial charge in [-0.05, 0) is 42.9 Å². The van der Waals surface area contributed by atoms with Crippen LogP contribution in [0.15, 0.2) is 18.2 Å². The maximum Gasteiger partial charge on any atom is 0.101 e. The second kappa shape index (κ2) is 4.98. The van der Waals surface area contributed by atoms with Crippen molar-refractivity contribution in [1.29, 1.82) is 5.26 Å². The zero-order chi connectivity index (χ0) is 12.3. The van der Waals surface area contributed by atoms with Gasteiger partial charge in [0.2, 0.25) is 0 Å². The zero-order valence-electron chi connectivity index (χ0n) is 10.1. The van der Waals surface area contributed by atoms with Gasteiger partial charge in [0, 0.05) is 12.2 Å². The molecule has 3 heteroatoms. The lowest BCUT2D eigenvalue weighted by Gasteiger charge is -2.41. The minimum atomic E-state index is 0.486. The third-order valence-electron chi connectivity index (χ3n) is 3.92. The Morgan fingerprint density at radius 1 is 1.47 bits per heavy atom. The third-order valence-corrected chi connectivity index (χ3v) is 4.23. The van der Waals surface area contributed by atoms with E-state index in [0.717, 1.165) is 12.2 Å². The van der Waals surface area contributed by atoms with Gasteiger partial charge < -0.3 is 5.32 Å². The molecule has 17 heavy (non-hydrogen) atoms. The van der Waals surface area contributed by atoms with Crippen molar-refractivity contribution < 1.29 is 0 Å². The first-order valence-corrected chi connectivity index (χ1v) is 6.50. The number of halogens is 1. The van der Waals surface area contributed by atoms with E-state index in [9.17, 15) is 0 Å². The molecule has 0 amide bonds. The van der Waals surface area contributed by atoms with Crippen LogP contribution in [0.4, 0.5) is 5.69 Å². The fourth-order valence-corrected chi connectivity index (χ4v) is 2.56. The van der Waals surface area contributed by atoms with Gasteiger partial charge >= 0.3 is 0 Å². The van der Waals surface area contributed by atoms with E-state index < -0.39 is 0 Å². The van der Waals surface area contributed by atoms with Crippen LogP contribution in [0.2, 0.25) is 5.02 Å². The largest absolute Gasteiger partial charge is 0.384 e. The number of benzene rings is 1. The molecular formula is C14H17ClN2. The van der Waals surface area contributed by atoms with E-state index in [1.807, 2.05) is 12.1 Å². The Bertz CT molecular complexity index is 439. The Morgan fingerprint density at radius 3 is 2.71 bits per heavy atom. The van der Waals surface area contributed by atoms with E-state index in [1.54, 1.807) is 6.07 Å². The molecule has 0 bridgehead atoms. The Hall–Kier alpha value is -1.20. The van der Waals surface area contributed by atoms with Gasteiger partial charge in [0.05, 0.1) is 10.6 Å². The van der Waals surface area contributed by atoms with Crippen LogP contribution in [0.1, 0.15) is 38.2 Å². The molecular weight excluding hydrogens is 232 g/mol. The zero-order valence-corrected chi connectivity index (χ0v) is 10.8. The molecule has 1 aliphatic rings. The highest BCUT2D eigenvalue weighted by Crippen LogP contribution is 2.43. The molecule has 1 N–H and O–H groups in total. The van der Waals surface area contributed by atoms with E-state index in [-0.39, 0.29) is 0 Å². The normalized spacial score (nSPS) is 17.0. The Labute approximate surface area is 108 Å². The average molecular weight is 249 g/mol. The lowest BCUT2D eigenvalue weighted by molar-refractivity contribution is 0.145. The van der Waals surface area contributed by atoms with Crippen LogP contribution in [0.25, 0.3) is 0 Å². The molecule has 0 saturated heterocycles. The molecule has 0 unspecified atom stereocenters. The van der Waals surface area contributed by atoms with Crippen LogP contribution in [-0.2, 0) is 0 Å². The number of hydrogen-bond acceptors (Lipinski definition) is 2. The summed E-state index contributed by atoms with van der Waals surface area (Å²) in [7, 11) is 0. The molecule has 1 aromatic carbocycles. The summed E-state index contributed by atoms with van der Waals surface area (Å²) < 4.78 is 0. The number of nitriles is 1. The highest BCUT2D eigenvalue weighted by atomic mass is 35.5. The van der Waals surface area contributed by atoms with Crippen molar-refractivity contribution in [3.63, 3.8) is 0 Å². The van der Waals surface area contributed by atoms with Gasteiger partial charge in [-0.15, -0.1) is 0 Å². The summed E-state index contributed by atoms with van der Waals surface area (Å²) in [6.07, 6.45) is 5.22. The molecule has 0 aromatic heterocycles. The van der Waals surface area contributed by atoms with Crippen LogP contribution < -0.4 is 5.32 Å². The summed E-state index contributed by atoms with van der Waals surface area (Å²) in [6.45, 7) is 3.26. The van der Waals surface area contributed by atoms with Crippen LogP contribution >= 0.6 is 11.6 Å². The van der Waals surface area contributed by atoms with E-state index in [1.165, 1.54) is 25.7 Å². The number of nitrogens with one attached hydrogen (secondary N) is 1. The standard InChI is InChI=1S/C14H17ClN2/c1-2-14(6-3-7-14)10-17-12-5-4-11(9-16)13(15)8-12/h4-5,8,17H,2-3,6-7,10H2,1H3. The maximum atomic E-state index is 8.80. The van der Waals surface area contributed by atoms with Crippen molar-refractivity contribution in [2.24, 2.45) is 5.41 Å². The molecule has 0 heterocycles. The monoisotopic (exact) mass is 248 g/mol. The third kappa shape index (κ3) is 2.56. The first kappa shape index (κ1) is 12.3. The second-order valence-corrected chi connectivity index (χ2v) is 5.27. The van der Waals surface area contributed by atoms with E-state index in [2.05, 4.69) is 18.3 Å². The summed E-state index contributed by atoms with van der Waals surface area (Å²) in [4.78, 5) is 0. The predicted molar refractivity (Wildman–Crippen MR) is 71.2 cm³/mol. The van der Waals surface area contributed by atoms with Gasteiger partial charge in [0.15, 0.2) is 0 Å². The fraction of sp³-hybridized carbons (Fsp3) is 0.500. The second-order valence-electron chi connectivity index (χ2n) is 4.87. The Morgan fingerprint density at radius 2 is 2.24 bits per heavy atom. The van der Waals surface area contributed by atoms with Gasteiger partial charge in [0.1, 0.15) is 6.07 Å². The molecule has 0 radical (unpaired) electrons. The van der Waals surface area contributed by atoms with Gasteiger partial charge in [-0.3, -0.25) is 0 Å². The lowest BCUT2D eigenvalue weighted by Crippen LogP contribution is -2.35. The molecule has 1 fully saturated rings. The highest BCUT2D eigenvalue weighted by molar-refractivity contribution is 6.32. The fourth-order valence-electron chi connectivity index (χ4n) is 2.34. The highest BCUT2D eigenvalue weighted by Gasteiger charge is 2.34. The molecule has 1 saturated carbocycles. The van der Waals surface area contributed by atoms with Gasteiger partial charge in [0.25, 0.3) is 0 Å². The molecule has 0 spiro atoms. The van der Waals surface area contributed by atoms with Crippen molar-refractivity contribution in [2.75, 3.05) is 11.9 Å². The lowest BCUT2D eigenvalue weighted by atomic mass is 9.67. The smallest absolute Gasteiger partial charge is 0.101 e. The molecule has 2 nitrogen and oxygen atoms in total. The topological polar surface area (TPSA) is 35.8 Å². The van der Waals surface area contributed by atoms with Crippen molar-refractivity contribution in [3.05, 3.63) is 28.8 Å². The average Bonchev–Trinajstić information content (AvgIpc) is 2.28. The number of hydrogen-bond donors (Lipinski definition) is 1. The molecule has 2 rings (SSSR count). The van der Waals surface area contributed by atoms with Crippen molar-refractivity contribution in [2.45, 2.75) is 32.6 Å². The van der Waals surface area contributed by atoms with Crippen LogP contribution in [0, 0.1) is 16.7 Å². The Balaban J connectivity index is 2.00. The SMILES string of the molecule is CCC1(CNc2ccc(C#N)c(Cl)c2)CCC1. The summed E-state index contributed by atoms with van der Waals surface area (Å²) in [5.41, 5.74) is 2.03. The van der Waals surface area contributed by atoms with Gasteiger partial charge in [-0.25, -0.2) is 0 Å². The quantitative estimate of drug-likeness (QED) is 0.867. The van der Waals surface area contributed by atoms with Gasteiger partial charge in [-0.2, -0.15) is 5.26 Å². The van der Waals surface area contributed by atoms with Crippen LogP contribution in [0.5, 0.6) is 0 Å². The summed E-state index contributed by atoms with van der Waals surface area (Å²) in [5, 5.41) is 12.8. The minimum absolute atomic E-state index is 0.486. The van der Waals surface area contributed by atoms with E-state index in [0.29, 0.717) is 16.0 Å². The number of nitrogens with zero attached hydrogens (tertiary/aromatic N) is 1. The minimum Gasteiger partial charge on any atom is -0.384 e. The first-order chi connectivity index (χ1) is 8.19. The van der Waals surface area contributed by atoms with Crippen LogP contribution in [-0.4, -0.2) is 6.54 Å². The molecule has 0 aliphatic heterocycles. The summed E-state index contributed by atoms with van der Waals surface area (Å²) >= 11 is 6.00. The number of rotatable bonds is 4. The summed E-state index contributed by atoms with van der Waals surface area (Å²) in [6, 6.07) is 7.60.